The molecule has 0 aliphatic carbocycles. The quantitative estimate of drug-likeness (QED) is 0.474. The zero-order valence-corrected chi connectivity index (χ0v) is 18.7. The van der Waals surface area contributed by atoms with Gasteiger partial charge in [0.2, 0.25) is 5.91 Å². The van der Waals surface area contributed by atoms with Crippen molar-refractivity contribution in [3.63, 3.8) is 0 Å². The lowest BCUT2D eigenvalue weighted by atomic mass is 9.99. The molecule has 0 spiro atoms. The summed E-state index contributed by atoms with van der Waals surface area (Å²) in [6.07, 6.45) is 1.71. The number of carbonyl (C=O) groups excluding carboxylic acids is 1. The molecule has 33 heavy (non-hydrogen) atoms. The Balaban J connectivity index is 1.87. The summed E-state index contributed by atoms with van der Waals surface area (Å²) >= 11 is 0. The van der Waals surface area contributed by atoms with Crippen molar-refractivity contribution in [3.8, 4) is 11.5 Å². The van der Waals surface area contributed by atoms with Crippen LogP contribution in [0, 0.1) is 5.92 Å². The van der Waals surface area contributed by atoms with Crippen LogP contribution in [0.15, 0.2) is 83.8 Å². The number of para-hydroxylation sites is 1. The van der Waals surface area contributed by atoms with Gasteiger partial charge in [-0.25, -0.2) is 0 Å². The number of ether oxygens (including phenoxy) is 1. The Morgan fingerprint density at radius 3 is 2.33 bits per heavy atom. The minimum Gasteiger partial charge on any atom is -0.481 e. The van der Waals surface area contributed by atoms with Crippen molar-refractivity contribution in [1.82, 2.24) is 9.88 Å². The van der Waals surface area contributed by atoms with Gasteiger partial charge in [-0.3, -0.25) is 14.4 Å². The second kappa shape index (κ2) is 11.1. The van der Waals surface area contributed by atoms with Crippen LogP contribution in [0.4, 0.5) is 0 Å². The van der Waals surface area contributed by atoms with Crippen LogP contribution in [0.25, 0.3) is 0 Å². The number of carbonyl (C=O) groups is 2. The summed E-state index contributed by atoms with van der Waals surface area (Å²) in [5.74, 6) is -0.131. The van der Waals surface area contributed by atoms with E-state index in [2.05, 4.69) is 5.32 Å². The molecular formula is C26H28N2O5. The first-order valence-corrected chi connectivity index (χ1v) is 10.9. The maximum atomic E-state index is 13.3. The van der Waals surface area contributed by atoms with Gasteiger partial charge >= 0.3 is 5.97 Å². The Labute approximate surface area is 192 Å². The number of hydrogen-bond donors (Lipinski definition) is 2. The predicted molar refractivity (Wildman–Crippen MR) is 125 cm³/mol. The molecule has 0 aliphatic rings. The standard InChI is InChI=1S/C26H28N2O5/c1-18(2)15-23(28-14-7-6-13-24(28)29)26(32)27-22(17-25(30)31)19-9-8-12-21(16-19)33-20-10-4-3-5-11-20/h3-14,16,18,22-23H,15,17H2,1-2H3,(H,27,32)(H,30,31)/t22-,23?/m1/s1. The second-order valence-corrected chi connectivity index (χ2v) is 8.24. The van der Waals surface area contributed by atoms with E-state index in [4.69, 9.17) is 4.74 Å². The molecule has 0 radical (unpaired) electrons. The molecule has 1 amide bonds. The highest BCUT2D eigenvalue weighted by Crippen LogP contribution is 2.27. The molecule has 2 N–H and O–H groups in total. The maximum Gasteiger partial charge on any atom is 0.305 e. The van der Waals surface area contributed by atoms with Crippen molar-refractivity contribution >= 4 is 11.9 Å². The van der Waals surface area contributed by atoms with Gasteiger partial charge in [-0.15, -0.1) is 0 Å². The summed E-state index contributed by atoms with van der Waals surface area (Å²) in [7, 11) is 0. The van der Waals surface area contributed by atoms with Crippen LogP contribution in [0.2, 0.25) is 0 Å². The van der Waals surface area contributed by atoms with Crippen molar-refractivity contribution < 1.29 is 19.4 Å². The van der Waals surface area contributed by atoms with Crippen LogP contribution in [0.1, 0.15) is 44.3 Å². The molecule has 7 nitrogen and oxygen atoms in total. The largest absolute Gasteiger partial charge is 0.481 e. The van der Waals surface area contributed by atoms with E-state index in [-0.39, 0.29) is 17.9 Å². The average Bonchev–Trinajstić information content (AvgIpc) is 2.78. The highest BCUT2D eigenvalue weighted by molar-refractivity contribution is 5.81. The fourth-order valence-corrected chi connectivity index (χ4v) is 3.60. The van der Waals surface area contributed by atoms with Crippen LogP contribution < -0.4 is 15.6 Å². The number of aliphatic carboxylic acids is 1. The SMILES string of the molecule is CC(C)CC(C(=O)N[C@H](CC(=O)O)c1cccc(Oc2ccccc2)c1)n1ccccc1=O. The first-order valence-electron chi connectivity index (χ1n) is 10.9. The summed E-state index contributed by atoms with van der Waals surface area (Å²) < 4.78 is 7.25. The van der Waals surface area contributed by atoms with Crippen molar-refractivity contribution in [2.45, 2.75) is 38.8 Å². The molecule has 1 unspecified atom stereocenters. The van der Waals surface area contributed by atoms with E-state index in [1.54, 1.807) is 42.6 Å². The third-order valence-electron chi connectivity index (χ3n) is 5.12. The lowest BCUT2D eigenvalue weighted by Crippen LogP contribution is -2.39. The summed E-state index contributed by atoms with van der Waals surface area (Å²) in [5.41, 5.74) is 0.314. The maximum absolute atomic E-state index is 13.3. The molecule has 0 saturated heterocycles. The topological polar surface area (TPSA) is 97.6 Å². The zero-order chi connectivity index (χ0) is 23.8. The van der Waals surface area contributed by atoms with Gasteiger partial charge in [-0.1, -0.05) is 50.2 Å². The number of pyridine rings is 1. The molecule has 0 fully saturated rings. The molecule has 0 bridgehead atoms. The number of nitrogens with one attached hydrogen (secondary N) is 1. The lowest BCUT2D eigenvalue weighted by Gasteiger charge is -2.25. The molecule has 2 atom stereocenters. The van der Waals surface area contributed by atoms with Gasteiger partial charge in [0.1, 0.15) is 17.5 Å². The van der Waals surface area contributed by atoms with Crippen LogP contribution in [0.5, 0.6) is 11.5 Å². The predicted octanol–water partition coefficient (Wildman–Crippen LogP) is 4.56. The highest BCUT2D eigenvalue weighted by atomic mass is 16.5. The molecule has 0 aliphatic heterocycles. The smallest absolute Gasteiger partial charge is 0.305 e. The monoisotopic (exact) mass is 448 g/mol. The van der Waals surface area contributed by atoms with Gasteiger partial charge in [0.15, 0.2) is 0 Å². The van der Waals surface area contributed by atoms with Crippen LogP contribution in [-0.2, 0) is 9.59 Å². The minimum atomic E-state index is -1.05. The van der Waals surface area contributed by atoms with E-state index in [1.807, 2.05) is 44.2 Å². The molecule has 1 heterocycles. The Morgan fingerprint density at radius 1 is 0.970 bits per heavy atom. The zero-order valence-electron chi connectivity index (χ0n) is 18.7. The molecular weight excluding hydrogens is 420 g/mol. The second-order valence-electron chi connectivity index (χ2n) is 8.24. The van der Waals surface area contributed by atoms with Gasteiger partial charge in [-0.05, 0) is 48.2 Å². The molecule has 1 aromatic heterocycles. The van der Waals surface area contributed by atoms with Crippen LogP contribution >= 0.6 is 0 Å². The van der Waals surface area contributed by atoms with Gasteiger partial charge in [-0.2, -0.15) is 0 Å². The number of amides is 1. The Morgan fingerprint density at radius 2 is 1.67 bits per heavy atom. The van der Waals surface area contributed by atoms with Gasteiger partial charge in [0.05, 0.1) is 12.5 Å². The average molecular weight is 449 g/mol. The van der Waals surface area contributed by atoms with Gasteiger partial charge < -0.3 is 19.7 Å². The summed E-state index contributed by atoms with van der Waals surface area (Å²) in [6, 6.07) is 19.4. The first kappa shape index (κ1) is 23.8. The highest BCUT2D eigenvalue weighted by Gasteiger charge is 2.26. The number of aromatic nitrogens is 1. The summed E-state index contributed by atoms with van der Waals surface area (Å²) in [4.78, 5) is 37.2. The van der Waals surface area contributed by atoms with E-state index in [0.29, 0.717) is 23.5 Å². The Bertz CT molecular complexity index is 1140. The van der Waals surface area contributed by atoms with Crippen molar-refractivity contribution in [3.05, 3.63) is 94.9 Å². The fraction of sp³-hybridized carbons (Fsp3) is 0.269. The summed E-state index contributed by atoms with van der Waals surface area (Å²) in [5, 5.41) is 12.3. The molecule has 2 aromatic carbocycles. The minimum absolute atomic E-state index is 0.147. The first-order chi connectivity index (χ1) is 15.8. The lowest BCUT2D eigenvalue weighted by molar-refractivity contribution is -0.138. The summed E-state index contributed by atoms with van der Waals surface area (Å²) in [6.45, 7) is 3.93. The van der Waals surface area contributed by atoms with Crippen molar-refractivity contribution in [2.75, 3.05) is 0 Å². The van der Waals surface area contributed by atoms with Crippen molar-refractivity contribution in [2.24, 2.45) is 5.92 Å². The Hall–Kier alpha value is -3.87. The molecule has 0 saturated carbocycles. The number of nitrogens with zero attached hydrogens (tertiary/aromatic N) is 1. The third kappa shape index (κ3) is 6.80. The van der Waals surface area contributed by atoms with Crippen LogP contribution in [0.3, 0.4) is 0 Å². The van der Waals surface area contributed by atoms with E-state index in [1.165, 1.54) is 10.6 Å². The van der Waals surface area contributed by atoms with Gasteiger partial charge in [0.25, 0.3) is 5.56 Å². The fourth-order valence-electron chi connectivity index (χ4n) is 3.60. The number of hydrogen-bond acceptors (Lipinski definition) is 4. The third-order valence-corrected chi connectivity index (χ3v) is 5.12. The van der Waals surface area contributed by atoms with E-state index in [0.717, 1.165) is 0 Å². The van der Waals surface area contributed by atoms with E-state index in [9.17, 15) is 19.5 Å². The number of rotatable bonds is 10. The Kier molecular flexibility index (Phi) is 8.02. The van der Waals surface area contributed by atoms with Gasteiger partial charge in [0, 0.05) is 12.3 Å². The van der Waals surface area contributed by atoms with Crippen LogP contribution in [-0.4, -0.2) is 21.6 Å². The number of carboxylic acid groups (broad SMARTS) is 1. The molecule has 172 valence electrons. The van der Waals surface area contributed by atoms with E-state index >= 15 is 0 Å². The normalized spacial score (nSPS) is 12.7. The number of benzene rings is 2. The number of carboxylic acids is 1. The van der Waals surface area contributed by atoms with Crippen molar-refractivity contribution in [1.29, 1.82) is 0 Å². The molecule has 3 rings (SSSR count). The molecule has 7 heteroatoms. The molecule has 3 aromatic rings. The van der Waals surface area contributed by atoms with E-state index < -0.39 is 24.0 Å².